The van der Waals surface area contributed by atoms with E-state index in [1.807, 2.05) is 0 Å². The summed E-state index contributed by atoms with van der Waals surface area (Å²) < 4.78 is 13.6. The van der Waals surface area contributed by atoms with Crippen molar-refractivity contribution in [1.29, 1.82) is 0 Å². The number of piperidine rings is 1. The number of carbonyl (C=O) groups is 1. The highest BCUT2D eigenvalue weighted by Crippen LogP contribution is 2.40. The number of carboxylic acid groups (broad SMARTS) is 1. The molecule has 0 radical (unpaired) electrons. The van der Waals surface area contributed by atoms with Crippen LogP contribution in [0.15, 0.2) is 18.2 Å². The lowest BCUT2D eigenvalue weighted by Gasteiger charge is -2.29. The molecule has 4 heteroatoms. The summed E-state index contributed by atoms with van der Waals surface area (Å²) in [6.07, 6.45) is 3.64. The minimum absolute atomic E-state index is 0.252. The number of nitrogens with zero attached hydrogens (tertiary/aromatic N) is 1. The Hall–Kier alpha value is -1.58. The van der Waals surface area contributed by atoms with Crippen LogP contribution in [-0.4, -0.2) is 23.7 Å². The van der Waals surface area contributed by atoms with Gasteiger partial charge in [0.05, 0.1) is 5.56 Å². The summed E-state index contributed by atoms with van der Waals surface area (Å²) in [6.45, 7) is 0.983. The van der Waals surface area contributed by atoms with Gasteiger partial charge in [-0.3, -0.25) is 0 Å². The minimum atomic E-state index is -1.21. The zero-order chi connectivity index (χ0) is 12.0. The molecule has 0 amide bonds. The van der Waals surface area contributed by atoms with Crippen molar-refractivity contribution in [3.63, 3.8) is 0 Å². The molecule has 2 unspecified atom stereocenters. The maximum atomic E-state index is 13.6. The van der Waals surface area contributed by atoms with E-state index in [0.717, 1.165) is 18.2 Å². The fourth-order valence-corrected chi connectivity index (χ4v) is 3.10. The lowest BCUT2D eigenvalue weighted by Crippen LogP contribution is -2.31. The highest BCUT2D eigenvalue weighted by atomic mass is 19.1. The van der Waals surface area contributed by atoms with Crippen LogP contribution in [0, 0.1) is 11.7 Å². The second kappa shape index (κ2) is 3.72. The van der Waals surface area contributed by atoms with Crippen molar-refractivity contribution in [3.05, 3.63) is 29.6 Å². The molecule has 0 spiro atoms. The molecular weight excluding hydrogens is 221 g/mol. The highest BCUT2D eigenvalue weighted by molar-refractivity contribution is 5.88. The van der Waals surface area contributed by atoms with E-state index in [4.69, 9.17) is 5.11 Å². The van der Waals surface area contributed by atoms with Gasteiger partial charge in [0.25, 0.3) is 0 Å². The van der Waals surface area contributed by atoms with E-state index < -0.39 is 11.8 Å². The van der Waals surface area contributed by atoms with E-state index in [0.29, 0.717) is 6.04 Å². The van der Waals surface area contributed by atoms with Crippen LogP contribution in [0.2, 0.25) is 0 Å². The van der Waals surface area contributed by atoms with Crippen LogP contribution in [-0.2, 0) is 0 Å². The largest absolute Gasteiger partial charge is 0.478 e. The molecule has 2 atom stereocenters. The van der Waals surface area contributed by atoms with Gasteiger partial charge in [0.2, 0.25) is 0 Å². The van der Waals surface area contributed by atoms with Crippen molar-refractivity contribution in [2.75, 3.05) is 11.4 Å². The third-order valence-electron chi connectivity index (χ3n) is 3.92. The van der Waals surface area contributed by atoms with Crippen LogP contribution in [0.25, 0.3) is 0 Å². The summed E-state index contributed by atoms with van der Waals surface area (Å²) in [5, 5.41) is 8.77. The molecule has 1 aromatic rings. The number of fused-ring (bicyclic) bond motifs is 2. The van der Waals surface area contributed by atoms with Crippen LogP contribution in [0.4, 0.5) is 10.1 Å². The summed E-state index contributed by atoms with van der Waals surface area (Å²) in [6, 6.07) is 4.95. The number of aromatic carboxylic acids is 1. The number of anilines is 1. The number of hydrogen-bond acceptors (Lipinski definition) is 2. The Kier molecular flexibility index (Phi) is 2.31. The van der Waals surface area contributed by atoms with Crippen LogP contribution >= 0.6 is 0 Å². The lowest BCUT2D eigenvalue weighted by molar-refractivity contribution is 0.0692. The molecular formula is C13H14FNO2. The topological polar surface area (TPSA) is 40.5 Å². The Morgan fingerprint density at radius 3 is 2.76 bits per heavy atom. The van der Waals surface area contributed by atoms with Gasteiger partial charge in [-0.25, -0.2) is 9.18 Å². The molecule has 1 saturated heterocycles. The first-order chi connectivity index (χ1) is 8.15. The number of halogens is 1. The maximum absolute atomic E-state index is 13.6. The van der Waals surface area contributed by atoms with Crippen molar-refractivity contribution >= 4 is 11.7 Å². The van der Waals surface area contributed by atoms with Crippen molar-refractivity contribution < 1.29 is 14.3 Å². The van der Waals surface area contributed by atoms with Gasteiger partial charge in [0, 0.05) is 18.3 Å². The Morgan fingerprint density at radius 2 is 2.24 bits per heavy atom. The molecule has 90 valence electrons. The Bertz CT molecular complexity index is 474. The van der Waals surface area contributed by atoms with Crippen molar-refractivity contribution in [2.45, 2.75) is 25.3 Å². The summed E-state index contributed by atoms with van der Waals surface area (Å²) in [7, 11) is 0. The van der Waals surface area contributed by atoms with Crippen molar-refractivity contribution in [1.82, 2.24) is 0 Å². The Balaban J connectivity index is 1.89. The second-order valence-electron chi connectivity index (χ2n) is 4.95. The predicted octanol–water partition coefficient (Wildman–Crippen LogP) is 2.51. The maximum Gasteiger partial charge on any atom is 0.338 e. The summed E-state index contributed by atoms with van der Waals surface area (Å²) >= 11 is 0. The van der Waals surface area contributed by atoms with E-state index in [9.17, 15) is 9.18 Å². The molecule has 3 nitrogen and oxygen atoms in total. The van der Waals surface area contributed by atoms with E-state index in [2.05, 4.69) is 4.90 Å². The number of carboxylic acids is 1. The first-order valence-corrected chi connectivity index (χ1v) is 5.94. The molecule has 1 saturated carbocycles. The van der Waals surface area contributed by atoms with Gasteiger partial charge < -0.3 is 10.0 Å². The lowest BCUT2D eigenvalue weighted by atomic mass is 10.1. The van der Waals surface area contributed by atoms with Crippen LogP contribution in [0.3, 0.4) is 0 Å². The number of rotatable bonds is 2. The molecule has 3 rings (SSSR count). The molecule has 1 heterocycles. The number of hydrogen-bond donors (Lipinski definition) is 1. The van der Waals surface area contributed by atoms with Crippen LogP contribution < -0.4 is 4.90 Å². The number of benzene rings is 1. The average molecular weight is 235 g/mol. The van der Waals surface area contributed by atoms with E-state index in [-0.39, 0.29) is 5.56 Å². The molecule has 1 aliphatic carbocycles. The molecule has 2 fully saturated rings. The summed E-state index contributed by atoms with van der Waals surface area (Å²) in [5.41, 5.74) is 0.567. The van der Waals surface area contributed by atoms with Gasteiger partial charge in [-0.05, 0) is 43.4 Å². The van der Waals surface area contributed by atoms with Gasteiger partial charge >= 0.3 is 5.97 Å². The first-order valence-electron chi connectivity index (χ1n) is 5.94. The molecule has 0 aromatic heterocycles. The van der Waals surface area contributed by atoms with Gasteiger partial charge in [-0.15, -0.1) is 0 Å². The molecule has 1 aromatic carbocycles. The van der Waals surface area contributed by atoms with Crippen molar-refractivity contribution in [3.8, 4) is 0 Å². The minimum Gasteiger partial charge on any atom is -0.478 e. The van der Waals surface area contributed by atoms with Gasteiger partial charge in [-0.1, -0.05) is 0 Å². The molecule has 1 N–H and O–H groups in total. The van der Waals surface area contributed by atoms with E-state index >= 15 is 0 Å². The fraction of sp³-hybridized carbons (Fsp3) is 0.462. The highest BCUT2D eigenvalue weighted by Gasteiger charge is 2.37. The SMILES string of the molecule is O=C(O)c1ccc(N2CC3CCC2C3)cc1F. The van der Waals surface area contributed by atoms with Gasteiger partial charge in [0.1, 0.15) is 5.82 Å². The molecule has 2 bridgehead atoms. The van der Waals surface area contributed by atoms with Gasteiger partial charge in [-0.2, -0.15) is 0 Å². The molecule has 1 aliphatic heterocycles. The Morgan fingerprint density at radius 1 is 1.41 bits per heavy atom. The zero-order valence-corrected chi connectivity index (χ0v) is 9.40. The normalized spacial score (nSPS) is 26.5. The second-order valence-corrected chi connectivity index (χ2v) is 4.95. The van der Waals surface area contributed by atoms with Gasteiger partial charge in [0.15, 0.2) is 0 Å². The average Bonchev–Trinajstić information content (AvgIpc) is 2.89. The quantitative estimate of drug-likeness (QED) is 0.856. The monoisotopic (exact) mass is 235 g/mol. The first kappa shape index (κ1) is 10.6. The summed E-state index contributed by atoms with van der Waals surface area (Å²) in [5.74, 6) is -1.11. The van der Waals surface area contributed by atoms with Crippen molar-refractivity contribution in [2.24, 2.45) is 5.92 Å². The third-order valence-corrected chi connectivity index (χ3v) is 3.92. The molecule has 17 heavy (non-hydrogen) atoms. The van der Waals surface area contributed by atoms with Crippen LogP contribution in [0.5, 0.6) is 0 Å². The summed E-state index contributed by atoms with van der Waals surface area (Å²) in [4.78, 5) is 12.9. The standard InChI is InChI=1S/C13H14FNO2/c14-12-6-10(3-4-11(12)13(16)17)15-7-8-1-2-9(15)5-8/h3-4,6,8-9H,1-2,5,7H2,(H,16,17). The van der Waals surface area contributed by atoms with E-state index in [1.165, 1.54) is 31.4 Å². The van der Waals surface area contributed by atoms with E-state index in [1.54, 1.807) is 6.07 Å². The Labute approximate surface area is 98.9 Å². The molecule has 2 aliphatic rings. The predicted molar refractivity (Wildman–Crippen MR) is 61.8 cm³/mol. The third kappa shape index (κ3) is 1.68. The smallest absolute Gasteiger partial charge is 0.338 e. The zero-order valence-electron chi connectivity index (χ0n) is 9.40. The fourth-order valence-electron chi connectivity index (χ4n) is 3.10. The van der Waals surface area contributed by atoms with Crippen LogP contribution in [0.1, 0.15) is 29.6 Å².